The first-order valence-electron chi connectivity index (χ1n) is 9.67. The lowest BCUT2D eigenvalue weighted by molar-refractivity contribution is 0.628. The topological polar surface area (TPSA) is 47.2 Å². The van der Waals surface area contributed by atoms with Crippen molar-refractivity contribution < 1.29 is 8.81 Å². The Hall–Kier alpha value is -3.86. The minimum Gasteiger partial charge on any atom is -0.439 e. The summed E-state index contributed by atoms with van der Waals surface area (Å²) in [6, 6.07) is 21.6. The summed E-state index contributed by atoms with van der Waals surface area (Å²) in [5, 5.41) is 4.58. The Morgan fingerprint density at radius 2 is 1.73 bits per heavy atom. The number of aryl methyl sites for hydroxylation is 2. The van der Waals surface area contributed by atoms with Crippen LogP contribution in [-0.2, 0) is 7.05 Å². The van der Waals surface area contributed by atoms with Crippen LogP contribution in [0.25, 0.3) is 33.0 Å². The minimum atomic E-state index is -0.374. The van der Waals surface area contributed by atoms with Gasteiger partial charge in [-0.3, -0.25) is 4.79 Å². The third kappa shape index (κ3) is 2.78. The van der Waals surface area contributed by atoms with Crippen molar-refractivity contribution in [1.82, 2.24) is 4.57 Å². The zero-order valence-corrected chi connectivity index (χ0v) is 16.6. The molecule has 4 nitrogen and oxygen atoms in total. The van der Waals surface area contributed by atoms with Crippen LogP contribution in [0.15, 0.2) is 82.0 Å². The fourth-order valence-corrected chi connectivity index (χ4v) is 3.90. The van der Waals surface area contributed by atoms with Gasteiger partial charge < -0.3 is 14.3 Å². The molecule has 2 heterocycles. The Morgan fingerprint density at radius 1 is 0.967 bits per heavy atom. The first-order chi connectivity index (χ1) is 14.5. The van der Waals surface area contributed by atoms with Crippen LogP contribution in [-0.4, -0.2) is 4.57 Å². The van der Waals surface area contributed by atoms with Gasteiger partial charge in [-0.05, 0) is 48.4 Å². The van der Waals surface area contributed by atoms with E-state index in [-0.39, 0.29) is 11.4 Å². The third-order valence-electron chi connectivity index (χ3n) is 5.44. The van der Waals surface area contributed by atoms with Gasteiger partial charge in [0, 0.05) is 18.1 Å². The summed E-state index contributed by atoms with van der Waals surface area (Å²) in [6.07, 6.45) is 0. The van der Waals surface area contributed by atoms with Gasteiger partial charge in [-0.2, -0.15) is 0 Å². The third-order valence-corrected chi connectivity index (χ3v) is 5.44. The number of halogens is 1. The second kappa shape index (κ2) is 6.88. The number of fused-ring (bicyclic) bond motifs is 3. The molecule has 0 aliphatic rings. The molecule has 3 aromatic carbocycles. The Labute approximate surface area is 172 Å². The quantitative estimate of drug-likeness (QED) is 0.397. The summed E-state index contributed by atoms with van der Waals surface area (Å²) in [6.45, 7) is 1.99. The van der Waals surface area contributed by atoms with Crippen molar-refractivity contribution in [3.8, 4) is 11.1 Å². The molecule has 5 aromatic rings. The maximum atomic E-state index is 14.1. The Balaban J connectivity index is 1.90. The summed E-state index contributed by atoms with van der Waals surface area (Å²) in [4.78, 5) is 13.3. The fourth-order valence-electron chi connectivity index (χ4n) is 3.90. The average Bonchev–Trinajstić information content (AvgIpc) is 3.13. The normalized spacial score (nSPS) is 11.3. The fraction of sp³-hybridized carbons (Fsp3) is 0.0800. The minimum absolute atomic E-state index is 0.190. The van der Waals surface area contributed by atoms with Gasteiger partial charge >= 0.3 is 0 Å². The van der Waals surface area contributed by atoms with E-state index < -0.39 is 0 Å². The van der Waals surface area contributed by atoms with E-state index in [1.807, 2.05) is 55.5 Å². The largest absolute Gasteiger partial charge is 0.439 e. The summed E-state index contributed by atoms with van der Waals surface area (Å²) in [5.74, 6) is 0.0413. The van der Waals surface area contributed by atoms with Gasteiger partial charge in [-0.25, -0.2) is 4.39 Å². The molecular weight excluding hydrogens is 379 g/mol. The first kappa shape index (κ1) is 18.2. The molecule has 0 saturated carbocycles. The number of hydrogen-bond donors (Lipinski definition) is 1. The van der Waals surface area contributed by atoms with Gasteiger partial charge in [0.2, 0.25) is 5.88 Å². The molecule has 0 spiro atoms. The van der Waals surface area contributed by atoms with E-state index >= 15 is 0 Å². The van der Waals surface area contributed by atoms with Crippen molar-refractivity contribution in [2.75, 3.05) is 5.32 Å². The summed E-state index contributed by atoms with van der Waals surface area (Å²) in [5.41, 5.74) is 4.10. The highest BCUT2D eigenvalue weighted by Gasteiger charge is 2.23. The molecule has 0 atom stereocenters. The number of furan rings is 1. The zero-order valence-electron chi connectivity index (χ0n) is 16.6. The molecule has 0 bridgehead atoms. The van der Waals surface area contributed by atoms with E-state index in [4.69, 9.17) is 4.42 Å². The molecule has 5 heteroatoms. The van der Waals surface area contributed by atoms with Gasteiger partial charge in [0.05, 0.1) is 16.5 Å². The van der Waals surface area contributed by atoms with Crippen LogP contribution >= 0.6 is 0 Å². The Morgan fingerprint density at radius 3 is 2.53 bits per heavy atom. The number of anilines is 2. The lowest BCUT2D eigenvalue weighted by Crippen LogP contribution is -2.17. The van der Waals surface area contributed by atoms with Gasteiger partial charge in [0.1, 0.15) is 5.82 Å². The highest BCUT2D eigenvalue weighted by atomic mass is 19.1. The average molecular weight is 398 g/mol. The predicted octanol–water partition coefficient (Wildman–Crippen LogP) is 6.14. The van der Waals surface area contributed by atoms with Gasteiger partial charge in [0.25, 0.3) is 5.56 Å². The van der Waals surface area contributed by atoms with Crippen molar-refractivity contribution >= 4 is 33.4 Å². The first-order valence-corrected chi connectivity index (χ1v) is 9.67. The van der Waals surface area contributed by atoms with Crippen LogP contribution in [0.5, 0.6) is 0 Å². The highest BCUT2D eigenvalue weighted by molar-refractivity contribution is 6.11. The summed E-state index contributed by atoms with van der Waals surface area (Å²) >= 11 is 0. The van der Waals surface area contributed by atoms with E-state index in [0.29, 0.717) is 28.0 Å². The number of aromatic nitrogens is 1. The predicted molar refractivity (Wildman–Crippen MR) is 119 cm³/mol. The van der Waals surface area contributed by atoms with Gasteiger partial charge in [0.15, 0.2) is 5.58 Å². The Bertz CT molecular complexity index is 1480. The molecule has 0 fully saturated rings. The maximum Gasteiger partial charge on any atom is 0.262 e. The van der Waals surface area contributed by atoms with Crippen molar-refractivity contribution in [3.63, 3.8) is 0 Å². The van der Waals surface area contributed by atoms with E-state index in [1.54, 1.807) is 23.7 Å². The molecule has 1 N–H and O–H groups in total. The van der Waals surface area contributed by atoms with Crippen molar-refractivity contribution in [2.45, 2.75) is 6.92 Å². The molecule has 0 radical (unpaired) electrons. The Kier molecular flexibility index (Phi) is 4.17. The number of hydrogen-bond acceptors (Lipinski definition) is 3. The summed E-state index contributed by atoms with van der Waals surface area (Å²) < 4.78 is 21.9. The van der Waals surface area contributed by atoms with Crippen LogP contribution in [0, 0.1) is 12.7 Å². The molecule has 30 heavy (non-hydrogen) atoms. The molecular formula is C25H19FN2O2. The summed E-state index contributed by atoms with van der Waals surface area (Å²) in [7, 11) is 1.74. The number of pyridine rings is 1. The van der Waals surface area contributed by atoms with Crippen LogP contribution in [0.1, 0.15) is 5.56 Å². The zero-order chi connectivity index (χ0) is 20.8. The van der Waals surface area contributed by atoms with E-state index in [9.17, 15) is 9.18 Å². The number of benzene rings is 3. The number of nitrogens with zero attached hydrogens (tertiary/aromatic N) is 1. The van der Waals surface area contributed by atoms with E-state index in [1.165, 1.54) is 12.1 Å². The molecule has 148 valence electrons. The van der Waals surface area contributed by atoms with E-state index in [2.05, 4.69) is 5.32 Å². The lowest BCUT2D eigenvalue weighted by atomic mass is 10.0. The smallest absolute Gasteiger partial charge is 0.262 e. The SMILES string of the molecule is Cc1ccccc1Nc1oc2c(c1-c1cccc(F)c1)c(=O)n(C)c1ccccc21. The molecule has 0 saturated heterocycles. The van der Waals surface area contributed by atoms with E-state index in [0.717, 1.165) is 22.2 Å². The number of nitrogens with one attached hydrogen (secondary N) is 1. The van der Waals surface area contributed by atoms with Crippen molar-refractivity contribution in [2.24, 2.45) is 7.05 Å². The van der Waals surface area contributed by atoms with Gasteiger partial charge in [-0.1, -0.05) is 42.5 Å². The number of para-hydroxylation sites is 2. The lowest BCUT2D eigenvalue weighted by Gasteiger charge is -2.09. The molecule has 5 rings (SSSR count). The number of rotatable bonds is 3. The second-order valence-electron chi connectivity index (χ2n) is 7.34. The molecule has 0 aliphatic carbocycles. The highest BCUT2D eigenvalue weighted by Crippen LogP contribution is 2.41. The molecule has 0 unspecified atom stereocenters. The van der Waals surface area contributed by atoms with Crippen molar-refractivity contribution in [1.29, 1.82) is 0 Å². The molecule has 0 aliphatic heterocycles. The van der Waals surface area contributed by atoms with Crippen LogP contribution in [0.2, 0.25) is 0 Å². The van der Waals surface area contributed by atoms with Crippen LogP contribution < -0.4 is 10.9 Å². The molecule has 2 aromatic heterocycles. The maximum absolute atomic E-state index is 14.1. The van der Waals surface area contributed by atoms with Crippen molar-refractivity contribution in [3.05, 3.63) is 94.5 Å². The van der Waals surface area contributed by atoms with Crippen LogP contribution in [0.4, 0.5) is 16.0 Å². The van der Waals surface area contributed by atoms with Gasteiger partial charge in [-0.15, -0.1) is 0 Å². The molecule has 0 amide bonds. The standard InChI is InChI=1S/C25H19FN2O2/c1-15-8-3-5-12-19(15)27-24-21(16-9-7-10-17(26)14-16)22-23(30-24)18-11-4-6-13-20(18)28(2)25(22)29/h3-14,27H,1-2H3. The monoisotopic (exact) mass is 398 g/mol. The van der Waals surface area contributed by atoms with Crippen LogP contribution in [0.3, 0.4) is 0 Å². The second-order valence-corrected chi connectivity index (χ2v) is 7.34.